The Morgan fingerprint density at radius 2 is 2.10 bits per heavy atom. The van der Waals surface area contributed by atoms with Gasteiger partial charge in [-0.1, -0.05) is 0 Å². The molecule has 1 aliphatic heterocycles. The van der Waals surface area contributed by atoms with Crippen LogP contribution in [0, 0.1) is 6.92 Å². The van der Waals surface area contributed by atoms with Crippen molar-refractivity contribution in [1.29, 1.82) is 0 Å². The van der Waals surface area contributed by atoms with Crippen molar-refractivity contribution in [2.45, 2.75) is 13.5 Å². The van der Waals surface area contributed by atoms with Crippen LogP contribution in [-0.4, -0.2) is 63.4 Å². The van der Waals surface area contributed by atoms with E-state index in [0.717, 1.165) is 49.9 Å². The zero-order valence-electron chi connectivity index (χ0n) is 16.5. The molecule has 3 aromatic rings. The molecule has 0 saturated carbocycles. The summed E-state index contributed by atoms with van der Waals surface area (Å²) in [5, 5.41) is 5.78. The van der Waals surface area contributed by atoms with Gasteiger partial charge < -0.3 is 20.5 Å². The van der Waals surface area contributed by atoms with Crippen molar-refractivity contribution >= 4 is 34.9 Å². The number of aromatic nitrogens is 4. The van der Waals surface area contributed by atoms with E-state index in [1.807, 2.05) is 13.0 Å². The molecule has 0 radical (unpaired) electrons. The number of carbonyl (C=O) groups is 1. The lowest BCUT2D eigenvalue weighted by Gasteiger charge is -2.36. The second-order valence-electron chi connectivity index (χ2n) is 6.88. The van der Waals surface area contributed by atoms with Crippen LogP contribution in [0.25, 0.3) is 0 Å². The minimum atomic E-state index is -0.157. The van der Waals surface area contributed by atoms with E-state index in [0.29, 0.717) is 11.6 Å². The van der Waals surface area contributed by atoms with Crippen LogP contribution in [0.4, 0.5) is 17.5 Å². The Bertz CT molecular complexity index is 963. The summed E-state index contributed by atoms with van der Waals surface area (Å²) in [4.78, 5) is 29.4. The predicted molar refractivity (Wildman–Crippen MR) is 114 cm³/mol. The number of carbonyl (C=O) groups excluding carboxylic acids is 1. The summed E-state index contributed by atoms with van der Waals surface area (Å²) in [5.74, 6) is 1.35. The summed E-state index contributed by atoms with van der Waals surface area (Å²) in [5.41, 5.74) is 2.44. The molecule has 0 atom stereocenters. The van der Waals surface area contributed by atoms with Gasteiger partial charge in [0.25, 0.3) is 5.91 Å². The molecule has 1 fully saturated rings. The van der Waals surface area contributed by atoms with Crippen molar-refractivity contribution in [1.82, 2.24) is 29.5 Å². The summed E-state index contributed by atoms with van der Waals surface area (Å²) < 4.78 is 4.45. The first-order valence-electron chi connectivity index (χ1n) is 9.51. The Balaban J connectivity index is 1.32. The maximum atomic E-state index is 11.8. The molecule has 4 rings (SSSR count). The summed E-state index contributed by atoms with van der Waals surface area (Å²) >= 11 is 1.51. The molecule has 1 amide bonds. The van der Waals surface area contributed by atoms with Crippen molar-refractivity contribution < 1.29 is 4.79 Å². The van der Waals surface area contributed by atoms with Crippen LogP contribution in [0.1, 0.15) is 21.1 Å². The maximum absolute atomic E-state index is 11.8. The Labute approximate surface area is 173 Å². The largest absolute Gasteiger partial charge is 0.368 e. The molecule has 29 heavy (non-hydrogen) atoms. The topological polar surface area (TPSA) is 102 Å². The number of piperazine rings is 1. The van der Waals surface area contributed by atoms with E-state index in [1.165, 1.54) is 16.4 Å². The fourth-order valence-corrected chi connectivity index (χ4v) is 4.13. The van der Waals surface area contributed by atoms with Crippen LogP contribution in [-0.2, 0) is 6.54 Å². The molecule has 0 aliphatic carbocycles. The number of nitrogens with one attached hydrogen (secondary N) is 3. The third-order valence-electron chi connectivity index (χ3n) is 4.91. The van der Waals surface area contributed by atoms with Gasteiger partial charge >= 0.3 is 0 Å². The molecule has 0 spiro atoms. The monoisotopic (exact) mass is 412 g/mol. The highest BCUT2D eigenvalue weighted by atomic mass is 32.1. The van der Waals surface area contributed by atoms with Crippen LogP contribution in [0.2, 0.25) is 0 Å². The quantitative estimate of drug-likeness (QED) is 0.569. The Hall–Kier alpha value is -2.98. The zero-order chi connectivity index (χ0) is 20.2. The van der Waals surface area contributed by atoms with Crippen LogP contribution < -0.4 is 15.5 Å². The summed E-state index contributed by atoms with van der Waals surface area (Å²) in [6.45, 7) is 6.64. The van der Waals surface area contributed by atoms with Crippen LogP contribution in [0.3, 0.4) is 0 Å². The standard InChI is InChI=1S/C19H24N8OS/c1-13-16(4-3-15(23-13)18(28)20-2)27-9-7-26(8-10-27)12-14-11-17(25-29-14)24-19-21-5-6-22-19/h3-6,11H,7-10,12H2,1-2H3,(H,20,28)(H2,21,22,24,25). The minimum absolute atomic E-state index is 0.157. The number of amides is 1. The van der Waals surface area contributed by atoms with E-state index < -0.39 is 0 Å². The first kappa shape index (κ1) is 19.3. The van der Waals surface area contributed by atoms with Gasteiger partial charge in [-0.05, 0) is 36.7 Å². The van der Waals surface area contributed by atoms with Gasteiger partial charge in [0.05, 0.1) is 11.4 Å². The van der Waals surface area contributed by atoms with Crippen LogP contribution >= 0.6 is 11.5 Å². The van der Waals surface area contributed by atoms with Gasteiger partial charge in [-0.3, -0.25) is 9.69 Å². The average molecular weight is 413 g/mol. The van der Waals surface area contributed by atoms with E-state index in [1.54, 1.807) is 25.5 Å². The number of H-pyrrole nitrogens is 1. The average Bonchev–Trinajstić information content (AvgIpc) is 3.40. The number of rotatable bonds is 6. The van der Waals surface area contributed by atoms with Crippen molar-refractivity contribution in [2.75, 3.05) is 43.4 Å². The molecular weight excluding hydrogens is 388 g/mol. The van der Waals surface area contributed by atoms with Crippen LogP contribution in [0.5, 0.6) is 0 Å². The molecule has 4 heterocycles. The lowest BCUT2D eigenvalue weighted by atomic mass is 10.2. The van der Waals surface area contributed by atoms with Gasteiger partial charge in [-0.25, -0.2) is 9.97 Å². The number of aromatic amines is 1. The predicted octanol–water partition coefficient (Wildman–Crippen LogP) is 2.00. The molecule has 3 aromatic heterocycles. The lowest BCUT2D eigenvalue weighted by Crippen LogP contribution is -2.46. The fourth-order valence-electron chi connectivity index (χ4n) is 3.41. The van der Waals surface area contributed by atoms with Crippen molar-refractivity contribution in [3.8, 4) is 0 Å². The SMILES string of the molecule is CNC(=O)c1ccc(N2CCN(Cc3cc(Nc4ncc[nH]4)ns3)CC2)c(C)n1. The second-order valence-corrected chi connectivity index (χ2v) is 7.77. The van der Waals surface area contributed by atoms with E-state index in [2.05, 4.69) is 45.8 Å². The number of hydrogen-bond acceptors (Lipinski definition) is 8. The Morgan fingerprint density at radius 1 is 1.28 bits per heavy atom. The van der Waals surface area contributed by atoms with Gasteiger partial charge in [0.15, 0.2) is 0 Å². The maximum Gasteiger partial charge on any atom is 0.269 e. The first-order valence-corrected chi connectivity index (χ1v) is 10.3. The number of hydrogen-bond donors (Lipinski definition) is 3. The lowest BCUT2D eigenvalue weighted by molar-refractivity contribution is 0.0958. The summed E-state index contributed by atoms with van der Waals surface area (Å²) in [6, 6.07) is 5.86. The molecule has 1 aliphatic rings. The summed E-state index contributed by atoms with van der Waals surface area (Å²) in [6.07, 6.45) is 3.48. The molecule has 9 nitrogen and oxygen atoms in total. The van der Waals surface area contributed by atoms with E-state index in [9.17, 15) is 4.79 Å². The van der Waals surface area contributed by atoms with Crippen molar-refractivity contribution in [3.05, 3.63) is 46.9 Å². The highest BCUT2D eigenvalue weighted by Gasteiger charge is 2.20. The molecule has 0 aromatic carbocycles. The highest BCUT2D eigenvalue weighted by molar-refractivity contribution is 7.06. The van der Waals surface area contributed by atoms with E-state index >= 15 is 0 Å². The number of anilines is 3. The minimum Gasteiger partial charge on any atom is -0.368 e. The normalized spacial score (nSPS) is 14.8. The first-order chi connectivity index (χ1) is 14.1. The number of nitrogens with zero attached hydrogens (tertiary/aromatic N) is 5. The zero-order valence-corrected chi connectivity index (χ0v) is 17.3. The molecule has 0 bridgehead atoms. The fraction of sp³-hybridized carbons (Fsp3) is 0.368. The van der Waals surface area contributed by atoms with E-state index in [-0.39, 0.29) is 5.91 Å². The van der Waals surface area contributed by atoms with Crippen LogP contribution in [0.15, 0.2) is 30.6 Å². The third kappa shape index (κ3) is 4.54. The van der Waals surface area contributed by atoms with Gasteiger partial charge in [0.1, 0.15) is 11.5 Å². The van der Waals surface area contributed by atoms with Gasteiger partial charge in [-0.2, -0.15) is 4.37 Å². The Kier molecular flexibility index (Phi) is 5.72. The Morgan fingerprint density at radius 3 is 2.79 bits per heavy atom. The molecule has 3 N–H and O–H groups in total. The third-order valence-corrected chi connectivity index (χ3v) is 5.68. The molecule has 10 heteroatoms. The smallest absolute Gasteiger partial charge is 0.269 e. The summed E-state index contributed by atoms with van der Waals surface area (Å²) in [7, 11) is 1.62. The number of aryl methyl sites for hydroxylation is 1. The molecular formula is C19H24N8OS. The van der Waals surface area contributed by atoms with Gasteiger partial charge in [0.2, 0.25) is 5.95 Å². The second kappa shape index (κ2) is 8.58. The number of pyridine rings is 1. The molecule has 0 unspecified atom stereocenters. The molecule has 152 valence electrons. The van der Waals surface area contributed by atoms with Gasteiger partial charge in [0, 0.05) is 57.0 Å². The highest BCUT2D eigenvalue weighted by Crippen LogP contribution is 2.23. The van der Waals surface area contributed by atoms with E-state index in [4.69, 9.17) is 0 Å². The van der Waals surface area contributed by atoms with Crippen molar-refractivity contribution in [3.63, 3.8) is 0 Å². The number of imidazole rings is 1. The molecule has 1 saturated heterocycles. The van der Waals surface area contributed by atoms with Gasteiger partial charge in [-0.15, -0.1) is 0 Å². The van der Waals surface area contributed by atoms with Crippen molar-refractivity contribution in [2.24, 2.45) is 0 Å².